The highest BCUT2D eigenvalue weighted by molar-refractivity contribution is 5.62. The lowest BCUT2D eigenvalue weighted by Crippen LogP contribution is -2.37. The van der Waals surface area contributed by atoms with Crippen LogP contribution in [0.2, 0.25) is 0 Å². The van der Waals surface area contributed by atoms with Gasteiger partial charge in [0.2, 0.25) is 0 Å². The molecule has 0 saturated carbocycles. The molecule has 1 aromatic heterocycles. The molecule has 0 aliphatic carbocycles. The topological polar surface area (TPSA) is 25.4 Å². The van der Waals surface area contributed by atoms with Gasteiger partial charge in [0.25, 0.3) is 0 Å². The first-order chi connectivity index (χ1) is 10.2. The van der Waals surface area contributed by atoms with Crippen molar-refractivity contribution < 1.29 is 4.74 Å². The molecular weight excluding hydrogens is 260 g/mol. The maximum Gasteiger partial charge on any atom is 0.0594 e. The third kappa shape index (κ3) is 3.31. The summed E-state index contributed by atoms with van der Waals surface area (Å²) in [4.78, 5) is 6.84. The summed E-state index contributed by atoms with van der Waals surface area (Å²) in [5.74, 6) is 0. The molecule has 0 N–H and O–H groups in total. The van der Waals surface area contributed by atoms with Gasteiger partial charge in [0.15, 0.2) is 0 Å². The van der Waals surface area contributed by atoms with Crippen LogP contribution in [0.25, 0.3) is 11.1 Å². The Morgan fingerprint density at radius 2 is 1.67 bits per heavy atom. The molecule has 1 saturated heterocycles. The molecule has 3 rings (SSSR count). The van der Waals surface area contributed by atoms with E-state index in [0.717, 1.165) is 32.0 Å². The minimum absolute atomic E-state index is 0.444. The second kappa shape index (κ2) is 6.37. The molecule has 0 bridgehead atoms. The zero-order chi connectivity index (χ0) is 14.7. The minimum atomic E-state index is 0.444. The monoisotopic (exact) mass is 282 g/mol. The van der Waals surface area contributed by atoms with Gasteiger partial charge in [-0.3, -0.25) is 9.88 Å². The molecule has 21 heavy (non-hydrogen) atoms. The van der Waals surface area contributed by atoms with Gasteiger partial charge in [0.05, 0.1) is 13.2 Å². The van der Waals surface area contributed by atoms with Crippen LogP contribution < -0.4 is 0 Å². The molecule has 110 valence electrons. The molecule has 1 aliphatic rings. The number of rotatable bonds is 3. The number of aryl methyl sites for hydroxylation is 1. The molecule has 2 aromatic rings. The number of morpholine rings is 1. The van der Waals surface area contributed by atoms with Crippen molar-refractivity contribution in [3.8, 4) is 11.1 Å². The summed E-state index contributed by atoms with van der Waals surface area (Å²) in [6, 6.07) is 13.5. The van der Waals surface area contributed by atoms with E-state index in [4.69, 9.17) is 4.74 Å². The van der Waals surface area contributed by atoms with Crippen LogP contribution in [0.5, 0.6) is 0 Å². The number of aromatic nitrogens is 1. The van der Waals surface area contributed by atoms with Gasteiger partial charge in [-0.2, -0.15) is 0 Å². The van der Waals surface area contributed by atoms with E-state index < -0.39 is 0 Å². The lowest BCUT2D eigenvalue weighted by molar-refractivity contribution is 0.0198. The van der Waals surface area contributed by atoms with E-state index in [-0.39, 0.29) is 0 Å². The van der Waals surface area contributed by atoms with Crippen molar-refractivity contribution in [1.29, 1.82) is 0 Å². The smallest absolute Gasteiger partial charge is 0.0594 e. The van der Waals surface area contributed by atoms with Crippen LogP contribution in [0.1, 0.15) is 24.2 Å². The first kappa shape index (κ1) is 14.2. The third-order valence-corrected chi connectivity index (χ3v) is 4.23. The van der Waals surface area contributed by atoms with Crippen molar-refractivity contribution >= 4 is 0 Å². The van der Waals surface area contributed by atoms with Crippen LogP contribution in [0.4, 0.5) is 0 Å². The van der Waals surface area contributed by atoms with E-state index in [0.29, 0.717) is 6.04 Å². The molecule has 1 atom stereocenters. The molecule has 0 spiro atoms. The molecule has 0 radical (unpaired) electrons. The number of pyridine rings is 1. The largest absolute Gasteiger partial charge is 0.379 e. The Balaban J connectivity index is 1.75. The standard InChI is InChI=1S/C18H22N2O/c1-14-3-4-18(13-19-14)17-7-5-16(6-8-17)15(2)20-9-11-21-12-10-20/h3-8,13,15H,9-12H2,1-2H3/t15-/m0/s1. The lowest BCUT2D eigenvalue weighted by atomic mass is 10.0. The number of benzene rings is 1. The molecule has 1 fully saturated rings. The van der Waals surface area contributed by atoms with Gasteiger partial charge in [0.1, 0.15) is 0 Å². The first-order valence-corrected chi connectivity index (χ1v) is 7.59. The van der Waals surface area contributed by atoms with Crippen molar-refractivity contribution in [1.82, 2.24) is 9.88 Å². The van der Waals surface area contributed by atoms with Crippen molar-refractivity contribution in [2.24, 2.45) is 0 Å². The van der Waals surface area contributed by atoms with E-state index in [1.165, 1.54) is 16.7 Å². The second-order valence-corrected chi connectivity index (χ2v) is 5.63. The first-order valence-electron chi connectivity index (χ1n) is 7.59. The molecule has 1 aromatic carbocycles. The van der Waals surface area contributed by atoms with Crippen molar-refractivity contribution in [2.45, 2.75) is 19.9 Å². The summed E-state index contributed by atoms with van der Waals surface area (Å²) in [6.07, 6.45) is 1.94. The van der Waals surface area contributed by atoms with Crippen LogP contribution in [-0.2, 0) is 4.74 Å². The SMILES string of the molecule is Cc1ccc(-c2ccc([C@H](C)N3CCOCC3)cc2)cn1. The number of ether oxygens (including phenoxy) is 1. The Labute approximate surface area is 126 Å². The van der Waals surface area contributed by atoms with Gasteiger partial charge < -0.3 is 4.74 Å². The van der Waals surface area contributed by atoms with Crippen molar-refractivity contribution in [3.05, 3.63) is 53.9 Å². The summed E-state index contributed by atoms with van der Waals surface area (Å²) < 4.78 is 5.42. The van der Waals surface area contributed by atoms with E-state index in [9.17, 15) is 0 Å². The van der Waals surface area contributed by atoms with E-state index in [1.54, 1.807) is 0 Å². The van der Waals surface area contributed by atoms with E-state index in [1.807, 2.05) is 13.1 Å². The summed E-state index contributed by atoms with van der Waals surface area (Å²) >= 11 is 0. The maximum absolute atomic E-state index is 5.42. The fraction of sp³-hybridized carbons (Fsp3) is 0.389. The summed E-state index contributed by atoms with van der Waals surface area (Å²) in [7, 11) is 0. The van der Waals surface area contributed by atoms with Crippen molar-refractivity contribution in [2.75, 3.05) is 26.3 Å². The fourth-order valence-electron chi connectivity index (χ4n) is 2.77. The Morgan fingerprint density at radius 3 is 2.29 bits per heavy atom. The quantitative estimate of drug-likeness (QED) is 0.862. The molecule has 3 nitrogen and oxygen atoms in total. The van der Waals surface area contributed by atoms with Crippen molar-refractivity contribution in [3.63, 3.8) is 0 Å². The van der Waals surface area contributed by atoms with E-state index >= 15 is 0 Å². The zero-order valence-corrected chi connectivity index (χ0v) is 12.7. The molecule has 0 unspecified atom stereocenters. The Bertz CT molecular complexity index is 571. The Morgan fingerprint density at radius 1 is 1.00 bits per heavy atom. The summed E-state index contributed by atoms with van der Waals surface area (Å²) in [6.45, 7) is 8.01. The summed E-state index contributed by atoms with van der Waals surface area (Å²) in [5.41, 5.74) is 4.81. The van der Waals surface area contributed by atoms with Crippen LogP contribution in [-0.4, -0.2) is 36.2 Å². The average molecular weight is 282 g/mol. The third-order valence-electron chi connectivity index (χ3n) is 4.23. The normalized spacial score (nSPS) is 17.6. The van der Waals surface area contributed by atoms with Gasteiger partial charge in [0, 0.05) is 36.6 Å². The fourth-order valence-corrected chi connectivity index (χ4v) is 2.77. The van der Waals surface area contributed by atoms with Gasteiger partial charge in [-0.05, 0) is 31.0 Å². The van der Waals surface area contributed by atoms with E-state index in [2.05, 4.69) is 53.2 Å². The predicted octanol–water partition coefficient (Wildman–Crippen LogP) is 3.45. The highest BCUT2D eigenvalue weighted by atomic mass is 16.5. The highest BCUT2D eigenvalue weighted by Crippen LogP contribution is 2.25. The lowest BCUT2D eigenvalue weighted by Gasteiger charge is -2.32. The Hall–Kier alpha value is -1.71. The molecule has 2 heterocycles. The summed E-state index contributed by atoms with van der Waals surface area (Å²) in [5, 5.41) is 0. The van der Waals surface area contributed by atoms with Gasteiger partial charge in [-0.25, -0.2) is 0 Å². The molecular formula is C18H22N2O. The molecule has 0 amide bonds. The number of nitrogens with zero attached hydrogens (tertiary/aromatic N) is 2. The van der Waals surface area contributed by atoms with Gasteiger partial charge in [-0.1, -0.05) is 30.3 Å². The Kier molecular flexibility index (Phi) is 4.32. The maximum atomic E-state index is 5.42. The minimum Gasteiger partial charge on any atom is -0.379 e. The molecule has 3 heteroatoms. The predicted molar refractivity (Wildman–Crippen MR) is 85.2 cm³/mol. The average Bonchev–Trinajstić information content (AvgIpc) is 2.56. The number of hydrogen-bond donors (Lipinski definition) is 0. The van der Waals surface area contributed by atoms with Gasteiger partial charge >= 0.3 is 0 Å². The van der Waals surface area contributed by atoms with Crippen LogP contribution in [0, 0.1) is 6.92 Å². The van der Waals surface area contributed by atoms with Crippen LogP contribution in [0.15, 0.2) is 42.6 Å². The highest BCUT2D eigenvalue weighted by Gasteiger charge is 2.18. The number of hydrogen-bond acceptors (Lipinski definition) is 3. The van der Waals surface area contributed by atoms with Crippen LogP contribution >= 0.6 is 0 Å². The van der Waals surface area contributed by atoms with Crippen LogP contribution in [0.3, 0.4) is 0 Å². The molecule has 1 aliphatic heterocycles. The van der Waals surface area contributed by atoms with Gasteiger partial charge in [-0.15, -0.1) is 0 Å². The zero-order valence-electron chi connectivity index (χ0n) is 12.7. The second-order valence-electron chi connectivity index (χ2n) is 5.63.